The Morgan fingerprint density at radius 3 is 2.81 bits per heavy atom. The molecule has 0 aliphatic rings. The van der Waals surface area contributed by atoms with Gasteiger partial charge in [-0.05, 0) is 13.0 Å². The average molecular weight is 214 g/mol. The van der Waals surface area contributed by atoms with Crippen LogP contribution in [-0.4, -0.2) is 5.16 Å². The highest BCUT2D eigenvalue weighted by molar-refractivity contribution is 5.93. The second-order valence-corrected chi connectivity index (χ2v) is 3.67. The van der Waals surface area contributed by atoms with Crippen molar-refractivity contribution in [3.63, 3.8) is 0 Å². The normalized spacial score (nSPS) is 11.1. The summed E-state index contributed by atoms with van der Waals surface area (Å²) in [6.07, 6.45) is 1.66. The van der Waals surface area contributed by atoms with Crippen LogP contribution in [0.3, 0.4) is 0 Å². The summed E-state index contributed by atoms with van der Waals surface area (Å²) in [6, 6.07) is 7.77. The number of rotatable bonds is 1. The topological polar surface area (TPSA) is 65.2 Å². The van der Waals surface area contributed by atoms with Crippen LogP contribution < -0.4 is 5.73 Å². The molecule has 2 heterocycles. The first-order chi connectivity index (χ1) is 7.77. The fraction of sp³-hybridized carbons (Fsp3) is 0.0833. The fourth-order valence-electron chi connectivity index (χ4n) is 1.75. The smallest absolute Gasteiger partial charge is 0.175 e. The van der Waals surface area contributed by atoms with Crippen molar-refractivity contribution in [2.45, 2.75) is 6.92 Å². The SMILES string of the molecule is Cc1c(N)noc1-c1coc2ccccc12. The number of para-hydroxylation sites is 1. The molecule has 0 bridgehead atoms. The standard InChI is InChI=1S/C12H10N2O2/c1-7-11(16-14-12(7)13)9-6-15-10-5-3-2-4-8(9)10/h2-6H,1H3,(H2,13,14). The molecule has 0 saturated heterocycles. The molecule has 0 aliphatic carbocycles. The lowest BCUT2D eigenvalue weighted by molar-refractivity contribution is 0.435. The van der Waals surface area contributed by atoms with E-state index >= 15 is 0 Å². The predicted molar refractivity (Wildman–Crippen MR) is 60.9 cm³/mol. The van der Waals surface area contributed by atoms with Gasteiger partial charge in [0, 0.05) is 10.9 Å². The quantitative estimate of drug-likeness (QED) is 0.676. The number of nitrogen functional groups attached to an aromatic ring is 1. The highest BCUT2D eigenvalue weighted by Crippen LogP contribution is 2.33. The van der Waals surface area contributed by atoms with Gasteiger partial charge in [0.15, 0.2) is 11.6 Å². The van der Waals surface area contributed by atoms with Gasteiger partial charge in [-0.1, -0.05) is 23.4 Å². The summed E-state index contributed by atoms with van der Waals surface area (Å²) in [4.78, 5) is 0. The van der Waals surface area contributed by atoms with Crippen molar-refractivity contribution in [3.8, 4) is 11.3 Å². The zero-order chi connectivity index (χ0) is 11.1. The minimum atomic E-state index is 0.417. The third-order valence-corrected chi connectivity index (χ3v) is 2.69. The van der Waals surface area contributed by atoms with Gasteiger partial charge in [-0.3, -0.25) is 0 Å². The van der Waals surface area contributed by atoms with E-state index in [4.69, 9.17) is 14.7 Å². The Kier molecular flexibility index (Phi) is 1.77. The zero-order valence-corrected chi connectivity index (χ0v) is 8.73. The Labute approximate surface area is 91.6 Å². The minimum Gasteiger partial charge on any atom is -0.464 e. The summed E-state index contributed by atoms with van der Waals surface area (Å²) in [5.74, 6) is 1.09. The number of nitrogens with two attached hydrogens (primary N) is 1. The number of furan rings is 1. The summed E-state index contributed by atoms with van der Waals surface area (Å²) in [5, 5.41) is 4.74. The highest BCUT2D eigenvalue weighted by atomic mass is 16.5. The molecule has 0 radical (unpaired) electrons. The lowest BCUT2D eigenvalue weighted by Gasteiger charge is -1.93. The van der Waals surface area contributed by atoms with Crippen molar-refractivity contribution in [2.75, 3.05) is 5.73 Å². The molecular weight excluding hydrogens is 204 g/mol. The monoisotopic (exact) mass is 214 g/mol. The molecule has 0 amide bonds. The van der Waals surface area contributed by atoms with Crippen molar-refractivity contribution < 1.29 is 8.94 Å². The molecule has 16 heavy (non-hydrogen) atoms. The van der Waals surface area contributed by atoms with Crippen LogP contribution in [0.4, 0.5) is 5.82 Å². The lowest BCUT2D eigenvalue weighted by Crippen LogP contribution is -1.86. The Bertz CT molecular complexity index is 652. The van der Waals surface area contributed by atoms with Crippen LogP contribution in [0.15, 0.2) is 39.5 Å². The molecule has 0 aliphatic heterocycles. The maximum Gasteiger partial charge on any atom is 0.175 e. The van der Waals surface area contributed by atoms with Crippen LogP contribution in [0, 0.1) is 6.92 Å². The van der Waals surface area contributed by atoms with E-state index in [2.05, 4.69) is 5.16 Å². The molecule has 4 heteroatoms. The Balaban J connectivity index is 2.30. The second-order valence-electron chi connectivity index (χ2n) is 3.67. The number of anilines is 1. The largest absolute Gasteiger partial charge is 0.464 e. The lowest BCUT2D eigenvalue weighted by atomic mass is 10.1. The second kappa shape index (κ2) is 3.13. The van der Waals surface area contributed by atoms with Crippen molar-refractivity contribution in [2.24, 2.45) is 0 Å². The molecule has 1 aromatic carbocycles. The van der Waals surface area contributed by atoms with Crippen LogP contribution in [0.1, 0.15) is 5.56 Å². The molecule has 2 N–H and O–H groups in total. The van der Waals surface area contributed by atoms with Crippen LogP contribution in [0.5, 0.6) is 0 Å². The Morgan fingerprint density at radius 1 is 1.25 bits per heavy atom. The molecule has 0 atom stereocenters. The molecule has 4 nitrogen and oxygen atoms in total. The number of nitrogens with zero attached hydrogens (tertiary/aromatic N) is 1. The Morgan fingerprint density at radius 2 is 2.06 bits per heavy atom. The maximum atomic E-state index is 5.66. The third-order valence-electron chi connectivity index (χ3n) is 2.69. The molecule has 0 unspecified atom stereocenters. The first-order valence-electron chi connectivity index (χ1n) is 4.95. The molecule has 3 aromatic rings. The number of hydrogen-bond acceptors (Lipinski definition) is 4. The summed E-state index contributed by atoms with van der Waals surface area (Å²) in [7, 11) is 0. The highest BCUT2D eigenvalue weighted by Gasteiger charge is 2.16. The first kappa shape index (κ1) is 9.03. The van der Waals surface area contributed by atoms with Crippen molar-refractivity contribution in [1.29, 1.82) is 0 Å². The van der Waals surface area contributed by atoms with Crippen molar-refractivity contribution >= 4 is 16.8 Å². The Hall–Kier alpha value is -2.23. The minimum absolute atomic E-state index is 0.417. The van der Waals surface area contributed by atoms with Gasteiger partial charge < -0.3 is 14.7 Å². The number of hydrogen-bond donors (Lipinski definition) is 1. The van der Waals surface area contributed by atoms with Crippen molar-refractivity contribution in [3.05, 3.63) is 36.1 Å². The summed E-state index contributed by atoms with van der Waals surface area (Å²) in [6.45, 7) is 1.88. The van der Waals surface area contributed by atoms with Gasteiger partial charge in [-0.25, -0.2) is 0 Å². The van der Waals surface area contributed by atoms with Gasteiger partial charge in [0.05, 0.1) is 5.56 Å². The van der Waals surface area contributed by atoms with E-state index in [1.807, 2.05) is 31.2 Å². The number of aromatic nitrogens is 1. The first-order valence-corrected chi connectivity index (χ1v) is 4.95. The molecule has 0 saturated carbocycles. The van der Waals surface area contributed by atoms with E-state index in [0.29, 0.717) is 11.6 Å². The molecule has 0 fully saturated rings. The van der Waals surface area contributed by atoms with E-state index in [0.717, 1.165) is 22.1 Å². The van der Waals surface area contributed by atoms with Gasteiger partial charge in [-0.2, -0.15) is 0 Å². The van der Waals surface area contributed by atoms with E-state index in [1.165, 1.54) is 0 Å². The van der Waals surface area contributed by atoms with Gasteiger partial charge in [0.1, 0.15) is 11.8 Å². The van der Waals surface area contributed by atoms with E-state index in [9.17, 15) is 0 Å². The molecule has 0 spiro atoms. The van der Waals surface area contributed by atoms with E-state index < -0.39 is 0 Å². The van der Waals surface area contributed by atoms with Crippen LogP contribution in [0.25, 0.3) is 22.3 Å². The average Bonchev–Trinajstić information content (AvgIpc) is 2.85. The van der Waals surface area contributed by atoms with Gasteiger partial charge in [-0.15, -0.1) is 0 Å². The molecule has 80 valence electrons. The molecule has 2 aromatic heterocycles. The van der Waals surface area contributed by atoms with Crippen LogP contribution in [0.2, 0.25) is 0 Å². The number of fused-ring (bicyclic) bond motifs is 1. The van der Waals surface area contributed by atoms with Crippen LogP contribution >= 0.6 is 0 Å². The zero-order valence-electron chi connectivity index (χ0n) is 8.73. The van der Waals surface area contributed by atoms with Crippen LogP contribution in [-0.2, 0) is 0 Å². The van der Waals surface area contributed by atoms with E-state index in [-0.39, 0.29) is 0 Å². The molecule has 3 rings (SSSR count). The summed E-state index contributed by atoms with van der Waals surface area (Å²) < 4.78 is 10.7. The van der Waals surface area contributed by atoms with Crippen molar-refractivity contribution in [1.82, 2.24) is 5.16 Å². The van der Waals surface area contributed by atoms with E-state index in [1.54, 1.807) is 6.26 Å². The third kappa shape index (κ3) is 1.13. The van der Waals surface area contributed by atoms with Gasteiger partial charge >= 0.3 is 0 Å². The summed E-state index contributed by atoms with van der Waals surface area (Å²) in [5.41, 5.74) is 8.21. The van der Waals surface area contributed by atoms with Gasteiger partial charge in [0.2, 0.25) is 0 Å². The maximum absolute atomic E-state index is 5.66. The number of benzene rings is 1. The molecular formula is C12H10N2O2. The fourth-order valence-corrected chi connectivity index (χ4v) is 1.75. The predicted octanol–water partition coefficient (Wildman–Crippen LogP) is 2.98. The van der Waals surface area contributed by atoms with Gasteiger partial charge in [0.25, 0.3) is 0 Å². The summed E-state index contributed by atoms with van der Waals surface area (Å²) >= 11 is 0.